The van der Waals surface area contributed by atoms with Gasteiger partial charge >= 0.3 is 0 Å². The number of hydrogen-bond acceptors (Lipinski definition) is 4. The van der Waals surface area contributed by atoms with Crippen molar-refractivity contribution in [1.29, 1.82) is 0 Å². The Morgan fingerprint density at radius 3 is 2.21 bits per heavy atom. The second-order valence-corrected chi connectivity index (χ2v) is 4.78. The van der Waals surface area contributed by atoms with Crippen molar-refractivity contribution in [2.24, 2.45) is 11.7 Å². The molecule has 0 spiro atoms. The summed E-state index contributed by atoms with van der Waals surface area (Å²) < 4.78 is 16.4. The molecule has 0 amide bonds. The molecule has 0 atom stereocenters. The summed E-state index contributed by atoms with van der Waals surface area (Å²) in [7, 11) is 0. The minimum absolute atomic E-state index is 0.548. The molecule has 1 aromatic rings. The zero-order valence-electron chi connectivity index (χ0n) is 11.9. The molecule has 19 heavy (non-hydrogen) atoms. The van der Waals surface area contributed by atoms with Crippen LogP contribution < -0.4 is 10.5 Å². The lowest BCUT2D eigenvalue weighted by molar-refractivity contribution is 0.0282. The molecule has 108 valence electrons. The van der Waals surface area contributed by atoms with Crippen molar-refractivity contribution in [2.75, 3.05) is 33.0 Å². The van der Waals surface area contributed by atoms with E-state index < -0.39 is 0 Å². The highest BCUT2D eigenvalue weighted by molar-refractivity contribution is 5.26. The van der Waals surface area contributed by atoms with Crippen molar-refractivity contribution in [3.8, 4) is 5.75 Å². The second-order valence-electron chi connectivity index (χ2n) is 4.78. The van der Waals surface area contributed by atoms with Gasteiger partial charge in [0.15, 0.2) is 0 Å². The zero-order chi connectivity index (χ0) is 13.9. The molecule has 4 nitrogen and oxygen atoms in total. The third-order valence-corrected chi connectivity index (χ3v) is 2.48. The van der Waals surface area contributed by atoms with E-state index in [1.165, 1.54) is 0 Å². The Hall–Kier alpha value is -1.10. The average Bonchev–Trinajstić information content (AvgIpc) is 2.42. The minimum Gasteiger partial charge on any atom is -0.491 e. The predicted molar refractivity (Wildman–Crippen MR) is 76.3 cm³/mol. The van der Waals surface area contributed by atoms with Crippen LogP contribution in [0.4, 0.5) is 0 Å². The Balaban J connectivity index is 1.98. The van der Waals surface area contributed by atoms with Crippen LogP contribution in [0.15, 0.2) is 24.3 Å². The summed E-state index contributed by atoms with van der Waals surface area (Å²) in [5.74, 6) is 1.41. The Morgan fingerprint density at radius 2 is 1.58 bits per heavy atom. The molecular weight excluding hydrogens is 242 g/mol. The summed E-state index contributed by atoms with van der Waals surface area (Å²) in [6, 6.07) is 7.79. The van der Waals surface area contributed by atoms with E-state index >= 15 is 0 Å². The normalized spacial score (nSPS) is 10.9. The van der Waals surface area contributed by atoms with Gasteiger partial charge in [0.25, 0.3) is 0 Å². The van der Waals surface area contributed by atoms with Crippen LogP contribution in [0.25, 0.3) is 0 Å². The highest BCUT2D eigenvalue weighted by Gasteiger charge is 1.96. The van der Waals surface area contributed by atoms with Gasteiger partial charge in [0.1, 0.15) is 12.4 Å². The van der Waals surface area contributed by atoms with E-state index in [1.807, 2.05) is 24.3 Å². The van der Waals surface area contributed by atoms with Gasteiger partial charge in [0, 0.05) is 13.2 Å². The maximum Gasteiger partial charge on any atom is 0.119 e. The number of hydrogen-bond donors (Lipinski definition) is 1. The fraction of sp³-hybridized carbons (Fsp3) is 0.600. The SMILES string of the molecule is CC(C)COCCOCCOc1ccc(CN)cc1. The topological polar surface area (TPSA) is 53.7 Å². The van der Waals surface area contributed by atoms with Crippen molar-refractivity contribution in [2.45, 2.75) is 20.4 Å². The molecule has 1 aromatic carbocycles. The Bertz CT molecular complexity index is 325. The summed E-state index contributed by atoms with van der Waals surface area (Å²) in [6.45, 7) is 7.98. The first-order chi connectivity index (χ1) is 9.22. The minimum atomic E-state index is 0.548. The molecule has 0 fully saturated rings. The predicted octanol–water partition coefficient (Wildman–Crippen LogP) is 2.21. The van der Waals surface area contributed by atoms with E-state index in [0.717, 1.165) is 17.9 Å². The quantitative estimate of drug-likeness (QED) is 0.660. The average molecular weight is 267 g/mol. The van der Waals surface area contributed by atoms with Gasteiger partial charge in [-0.25, -0.2) is 0 Å². The van der Waals surface area contributed by atoms with Crippen molar-refractivity contribution in [3.05, 3.63) is 29.8 Å². The van der Waals surface area contributed by atoms with Gasteiger partial charge in [-0.15, -0.1) is 0 Å². The standard InChI is InChI=1S/C15H25NO3/c1-13(2)12-18-8-7-17-9-10-19-15-5-3-14(11-16)4-6-15/h3-6,13H,7-12,16H2,1-2H3. The molecule has 1 rings (SSSR count). The van der Waals surface area contributed by atoms with Gasteiger partial charge in [-0.2, -0.15) is 0 Å². The van der Waals surface area contributed by atoms with E-state index in [-0.39, 0.29) is 0 Å². The summed E-state index contributed by atoms with van der Waals surface area (Å²) in [5, 5.41) is 0. The summed E-state index contributed by atoms with van der Waals surface area (Å²) >= 11 is 0. The van der Waals surface area contributed by atoms with Crippen molar-refractivity contribution >= 4 is 0 Å². The Kier molecular flexibility index (Phi) is 8.21. The van der Waals surface area contributed by atoms with E-state index in [9.17, 15) is 0 Å². The molecule has 0 unspecified atom stereocenters. The molecule has 0 aliphatic rings. The molecule has 0 bridgehead atoms. The summed E-state index contributed by atoms with van der Waals surface area (Å²) in [4.78, 5) is 0. The van der Waals surface area contributed by atoms with Gasteiger partial charge < -0.3 is 19.9 Å². The first kappa shape index (κ1) is 16.0. The molecule has 0 heterocycles. The fourth-order valence-electron chi connectivity index (χ4n) is 1.48. The lowest BCUT2D eigenvalue weighted by Crippen LogP contribution is -2.12. The van der Waals surface area contributed by atoms with E-state index in [4.69, 9.17) is 19.9 Å². The van der Waals surface area contributed by atoms with Crippen LogP contribution in [0.2, 0.25) is 0 Å². The first-order valence-electron chi connectivity index (χ1n) is 6.79. The van der Waals surface area contributed by atoms with Crippen LogP contribution in [-0.2, 0) is 16.0 Å². The largest absolute Gasteiger partial charge is 0.491 e. The number of nitrogens with two attached hydrogens (primary N) is 1. The molecule has 4 heteroatoms. The van der Waals surface area contributed by atoms with E-state index in [1.54, 1.807) is 0 Å². The van der Waals surface area contributed by atoms with Gasteiger partial charge in [0.2, 0.25) is 0 Å². The third-order valence-electron chi connectivity index (χ3n) is 2.48. The lowest BCUT2D eigenvalue weighted by atomic mass is 10.2. The van der Waals surface area contributed by atoms with Gasteiger partial charge in [-0.3, -0.25) is 0 Å². The summed E-state index contributed by atoms with van der Waals surface area (Å²) in [5.41, 5.74) is 6.63. The molecule has 0 radical (unpaired) electrons. The maximum atomic E-state index is 5.54. The molecular formula is C15H25NO3. The smallest absolute Gasteiger partial charge is 0.119 e. The van der Waals surface area contributed by atoms with Crippen LogP contribution >= 0.6 is 0 Å². The first-order valence-corrected chi connectivity index (χ1v) is 6.79. The molecule has 0 aliphatic carbocycles. The number of benzene rings is 1. The van der Waals surface area contributed by atoms with Crippen molar-refractivity contribution < 1.29 is 14.2 Å². The Labute approximate surface area is 115 Å². The molecule has 0 saturated heterocycles. The Morgan fingerprint density at radius 1 is 0.947 bits per heavy atom. The highest BCUT2D eigenvalue weighted by Crippen LogP contribution is 2.11. The van der Waals surface area contributed by atoms with Crippen molar-refractivity contribution in [3.63, 3.8) is 0 Å². The monoisotopic (exact) mass is 267 g/mol. The second kappa shape index (κ2) is 9.78. The number of rotatable bonds is 10. The van der Waals surface area contributed by atoms with Gasteiger partial charge in [-0.1, -0.05) is 26.0 Å². The molecule has 2 N–H and O–H groups in total. The molecule has 0 aromatic heterocycles. The lowest BCUT2D eigenvalue weighted by Gasteiger charge is -2.09. The highest BCUT2D eigenvalue weighted by atomic mass is 16.5. The number of ether oxygens (including phenoxy) is 3. The molecule has 0 saturated carbocycles. The third kappa shape index (κ3) is 7.82. The van der Waals surface area contributed by atoms with E-state index in [0.29, 0.717) is 38.9 Å². The van der Waals surface area contributed by atoms with E-state index in [2.05, 4.69) is 13.8 Å². The van der Waals surface area contributed by atoms with Gasteiger partial charge in [-0.05, 0) is 23.6 Å². The maximum absolute atomic E-state index is 5.54. The summed E-state index contributed by atoms with van der Waals surface area (Å²) in [6.07, 6.45) is 0. The fourth-order valence-corrected chi connectivity index (χ4v) is 1.48. The van der Waals surface area contributed by atoms with Crippen LogP contribution in [0.1, 0.15) is 19.4 Å². The van der Waals surface area contributed by atoms with Crippen LogP contribution in [-0.4, -0.2) is 33.0 Å². The molecule has 0 aliphatic heterocycles. The van der Waals surface area contributed by atoms with Crippen LogP contribution in [0, 0.1) is 5.92 Å². The van der Waals surface area contributed by atoms with Gasteiger partial charge in [0.05, 0.1) is 19.8 Å². The van der Waals surface area contributed by atoms with Crippen molar-refractivity contribution in [1.82, 2.24) is 0 Å². The zero-order valence-corrected chi connectivity index (χ0v) is 11.9. The van der Waals surface area contributed by atoms with Crippen LogP contribution in [0.3, 0.4) is 0 Å². The van der Waals surface area contributed by atoms with Crippen LogP contribution in [0.5, 0.6) is 5.75 Å².